The second kappa shape index (κ2) is 11.7. The number of alkyl halides is 1. The van der Waals surface area contributed by atoms with Gasteiger partial charge in [-0.3, -0.25) is 28.1 Å². The van der Waals surface area contributed by atoms with E-state index in [1.54, 1.807) is 39.0 Å². The van der Waals surface area contributed by atoms with Crippen LogP contribution >= 0.6 is 7.75 Å². The summed E-state index contributed by atoms with van der Waals surface area (Å²) in [4.78, 5) is 43.1. The molecule has 1 aromatic carbocycles. The summed E-state index contributed by atoms with van der Waals surface area (Å²) in [6, 6.07) is 10.5. The Morgan fingerprint density at radius 3 is 2.70 bits per heavy atom. The Hall–Kier alpha value is -3.84. The van der Waals surface area contributed by atoms with Crippen LogP contribution in [0.1, 0.15) is 40.8 Å². The Labute approximate surface area is 245 Å². The Morgan fingerprint density at radius 2 is 1.98 bits per heavy atom. The van der Waals surface area contributed by atoms with Gasteiger partial charge in [0.05, 0.1) is 29.8 Å². The number of hydrogen-bond donors (Lipinski definition) is 2. The number of pyridine rings is 1. The number of ether oxygens (including phenoxy) is 2. The third-order valence-corrected chi connectivity index (χ3v) is 8.95. The van der Waals surface area contributed by atoms with Crippen molar-refractivity contribution in [3.63, 3.8) is 0 Å². The highest BCUT2D eigenvalue weighted by Crippen LogP contribution is 2.49. The molecule has 0 aliphatic carbocycles. The van der Waals surface area contributed by atoms with Crippen LogP contribution in [0.3, 0.4) is 0 Å². The molecule has 1 aliphatic heterocycles. The zero-order valence-electron chi connectivity index (χ0n) is 24.2. The highest BCUT2D eigenvalue weighted by Gasteiger charge is 2.54. The van der Waals surface area contributed by atoms with Gasteiger partial charge in [0.1, 0.15) is 17.4 Å². The molecule has 230 valence electrons. The number of nitrogens with one attached hydrogen (secondary N) is 2. The van der Waals surface area contributed by atoms with Gasteiger partial charge in [0.2, 0.25) is 0 Å². The molecule has 0 spiro atoms. The van der Waals surface area contributed by atoms with Crippen molar-refractivity contribution in [3.05, 3.63) is 75.7 Å². The van der Waals surface area contributed by atoms with E-state index in [0.29, 0.717) is 11.2 Å². The highest BCUT2D eigenvalue weighted by atomic mass is 31.2. The fourth-order valence-corrected chi connectivity index (χ4v) is 6.36. The van der Waals surface area contributed by atoms with Crippen LogP contribution in [0.5, 0.6) is 5.75 Å². The number of nitrogens with zero attached hydrogens (tertiary/aromatic N) is 3. The number of imidazole rings is 1. The summed E-state index contributed by atoms with van der Waals surface area (Å²) in [7, 11) is -4.34. The van der Waals surface area contributed by atoms with Crippen LogP contribution in [-0.2, 0) is 23.4 Å². The van der Waals surface area contributed by atoms with E-state index in [2.05, 4.69) is 15.1 Å². The fourth-order valence-electron chi connectivity index (χ4n) is 4.87. The maximum atomic E-state index is 15.9. The SMILES string of the molecule is CC(C)OC(=O)C(C)NP(=O)(OCC1OC(n2ccc(=O)[nH]c2=O)C(C)(F)C1C)Oc1ccc2c(c1)nc1ccccn12. The van der Waals surface area contributed by atoms with Gasteiger partial charge in [0.25, 0.3) is 5.56 Å². The van der Waals surface area contributed by atoms with E-state index in [4.69, 9.17) is 18.5 Å². The predicted octanol–water partition coefficient (Wildman–Crippen LogP) is 3.73. The van der Waals surface area contributed by atoms with Crippen LogP contribution in [0, 0.1) is 5.92 Å². The first kappa shape index (κ1) is 30.6. The lowest BCUT2D eigenvalue weighted by atomic mass is 9.90. The summed E-state index contributed by atoms with van der Waals surface area (Å²) >= 11 is 0. The Morgan fingerprint density at radius 1 is 1.21 bits per heavy atom. The molecule has 6 unspecified atom stereocenters. The minimum atomic E-state index is -4.34. The van der Waals surface area contributed by atoms with Crippen LogP contribution in [0.2, 0.25) is 0 Å². The average Bonchev–Trinajstić information content (AvgIpc) is 3.40. The molecule has 1 saturated heterocycles. The van der Waals surface area contributed by atoms with Crippen LogP contribution in [0.4, 0.5) is 4.39 Å². The molecule has 4 heterocycles. The molecule has 1 fully saturated rings. The summed E-state index contributed by atoms with van der Waals surface area (Å²) in [6.45, 7) is 7.20. The zero-order chi connectivity index (χ0) is 31.1. The molecule has 6 atom stereocenters. The number of aromatic nitrogens is 4. The highest BCUT2D eigenvalue weighted by molar-refractivity contribution is 7.52. The van der Waals surface area contributed by atoms with E-state index < -0.39 is 67.6 Å². The number of esters is 1. The second-order valence-electron chi connectivity index (χ2n) is 10.9. The van der Waals surface area contributed by atoms with Crippen molar-refractivity contribution >= 4 is 30.4 Å². The number of benzene rings is 1. The number of carbonyl (C=O) groups excluding carboxylic acids is 1. The van der Waals surface area contributed by atoms with E-state index in [-0.39, 0.29) is 5.75 Å². The summed E-state index contributed by atoms with van der Waals surface area (Å²) in [5.74, 6) is -1.38. The molecule has 1 aliphatic rings. The van der Waals surface area contributed by atoms with Crippen molar-refractivity contribution in [1.82, 2.24) is 24.0 Å². The normalized spacial score (nSPS) is 24.3. The average molecular weight is 618 g/mol. The molecule has 4 aromatic rings. The van der Waals surface area contributed by atoms with Gasteiger partial charge in [-0.2, -0.15) is 5.09 Å². The molecule has 5 rings (SSSR count). The first-order chi connectivity index (χ1) is 20.3. The van der Waals surface area contributed by atoms with Crippen LogP contribution in [-0.4, -0.2) is 55.4 Å². The van der Waals surface area contributed by atoms with Crippen molar-refractivity contribution in [3.8, 4) is 5.75 Å². The third-order valence-electron chi connectivity index (χ3n) is 7.31. The van der Waals surface area contributed by atoms with Gasteiger partial charge in [-0.05, 0) is 52.0 Å². The molecular formula is C28H33FN5O8P. The molecular weight excluding hydrogens is 584 g/mol. The lowest BCUT2D eigenvalue weighted by molar-refractivity contribution is -0.149. The van der Waals surface area contributed by atoms with E-state index >= 15 is 4.39 Å². The predicted molar refractivity (Wildman–Crippen MR) is 155 cm³/mol. The molecule has 0 saturated carbocycles. The fraction of sp³-hybridized carbons (Fsp3) is 0.429. The second-order valence-corrected chi connectivity index (χ2v) is 12.6. The van der Waals surface area contributed by atoms with Crippen LogP contribution in [0.15, 0.2) is 64.4 Å². The molecule has 0 amide bonds. The first-order valence-electron chi connectivity index (χ1n) is 13.7. The molecule has 2 N–H and O–H groups in total. The first-order valence-corrected chi connectivity index (χ1v) is 15.3. The van der Waals surface area contributed by atoms with Crippen molar-refractivity contribution in [2.75, 3.05) is 6.61 Å². The van der Waals surface area contributed by atoms with E-state index in [1.807, 2.05) is 28.8 Å². The maximum Gasteiger partial charge on any atom is 0.459 e. The summed E-state index contributed by atoms with van der Waals surface area (Å²) in [5.41, 5.74) is -1.49. The van der Waals surface area contributed by atoms with E-state index in [1.165, 1.54) is 13.8 Å². The Bertz CT molecular complexity index is 1820. The van der Waals surface area contributed by atoms with Gasteiger partial charge in [-0.25, -0.2) is 18.7 Å². The van der Waals surface area contributed by atoms with E-state index in [0.717, 1.165) is 22.3 Å². The Balaban J connectivity index is 1.40. The maximum absolute atomic E-state index is 15.9. The smallest absolute Gasteiger partial charge is 0.459 e. The van der Waals surface area contributed by atoms with Crippen molar-refractivity contribution in [2.45, 2.75) is 64.8 Å². The van der Waals surface area contributed by atoms with Gasteiger partial charge >= 0.3 is 19.4 Å². The van der Waals surface area contributed by atoms with Crippen molar-refractivity contribution < 1.29 is 32.3 Å². The quantitative estimate of drug-likeness (QED) is 0.199. The monoisotopic (exact) mass is 617 g/mol. The van der Waals surface area contributed by atoms with Gasteiger partial charge < -0.3 is 14.0 Å². The number of halogens is 1. The minimum absolute atomic E-state index is 0.143. The molecule has 3 aromatic heterocycles. The molecule has 0 bridgehead atoms. The number of carbonyl (C=O) groups is 1. The lowest BCUT2D eigenvalue weighted by Gasteiger charge is -2.26. The lowest BCUT2D eigenvalue weighted by Crippen LogP contribution is -2.40. The summed E-state index contributed by atoms with van der Waals surface area (Å²) < 4.78 is 55.6. The number of fused-ring (bicyclic) bond motifs is 3. The van der Waals surface area contributed by atoms with Crippen LogP contribution in [0.25, 0.3) is 16.7 Å². The summed E-state index contributed by atoms with van der Waals surface area (Å²) in [5, 5.41) is 2.61. The third kappa shape index (κ3) is 6.28. The zero-order valence-corrected chi connectivity index (χ0v) is 25.1. The van der Waals surface area contributed by atoms with Gasteiger partial charge in [0.15, 0.2) is 11.9 Å². The largest absolute Gasteiger partial charge is 0.462 e. The number of rotatable bonds is 10. The van der Waals surface area contributed by atoms with Gasteiger partial charge in [0, 0.05) is 30.4 Å². The van der Waals surface area contributed by atoms with E-state index in [9.17, 15) is 18.9 Å². The standard InChI is InChI=1S/C28H33FN5O8P/c1-16(2)40-25(36)18(4)32-43(38,42-19-9-10-21-20(14-19)30-23-8-6-7-12-33(21)23)39-15-22-17(3)28(5,29)26(41-22)34-13-11-24(35)31-27(34)37/h6-14,16-18,22,26H,15H2,1-5H3,(H,32,38)(H,31,35,37). The number of H-pyrrole nitrogens is 1. The molecule has 15 heteroatoms. The number of aromatic amines is 1. The van der Waals surface area contributed by atoms with Crippen molar-refractivity contribution in [1.29, 1.82) is 0 Å². The molecule has 13 nitrogen and oxygen atoms in total. The van der Waals surface area contributed by atoms with Gasteiger partial charge in [-0.15, -0.1) is 0 Å². The van der Waals surface area contributed by atoms with Crippen molar-refractivity contribution in [2.24, 2.45) is 5.92 Å². The minimum Gasteiger partial charge on any atom is -0.462 e. The molecule has 0 radical (unpaired) electrons. The topological polar surface area (TPSA) is 155 Å². The van der Waals surface area contributed by atoms with Gasteiger partial charge in [-0.1, -0.05) is 13.0 Å². The summed E-state index contributed by atoms with van der Waals surface area (Å²) in [6.07, 6.45) is 0.201. The number of hydrogen-bond acceptors (Lipinski definition) is 9. The molecule has 43 heavy (non-hydrogen) atoms. The Kier molecular flexibility index (Phi) is 8.32. The van der Waals surface area contributed by atoms with Crippen LogP contribution < -0.4 is 20.9 Å².